The van der Waals surface area contributed by atoms with Crippen molar-refractivity contribution in [3.8, 4) is 0 Å². The number of rotatable bonds is 4. The van der Waals surface area contributed by atoms with Crippen LogP contribution < -0.4 is 16.2 Å². The number of primary sulfonamides is 1. The largest absolute Gasteiger partial charge is 0.397 e. The van der Waals surface area contributed by atoms with Crippen LogP contribution in [0.5, 0.6) is 0 Å². The van der Waals surface area contributed by atoms with Crippen molar-refractivity contribution in [2.75, 3.05) is 11.1 Å². The summed E-state index contributed by atoms with van der Waals surface area (Å²) in [5.74, 6) is -0.369. The van der Waals surface area contributed by atoms with Gasteiger partial charge in [-0.3, -0.25) is 0 Å². The molecule has 8 heteroatoms. The van der Waals surface area contributed by atoms with E-state index in [0.717, 1.165) is 4.47 Å². The van der Waals surface area contributed by atoms with Gasteiger partial charge in [-0.2, -0.15) is 0 Å². The average molecular weight is 374 g/mol. The molecule has 0 bridgehead atoms. The van der Waals surface area contributed by atoms with Gasteiger partial charge in [-0.1, -0.05) is 15.9 Å². The molecule has 0 aliphatic carbocycles. The molecule has 112 valence electrons. The van der Waals surface area contributed by atoms with Crippen molar-refractivity contribution in [2.24, 2.45) is 5.14 Å². The van der Waals surface area contributed by atoms with E-state index in [2.05, 4.69) is 21.2 Å². The van der Waals surface area contributed by atoms with Crippen LogP contribution in [0, 0.1) is 5.82 Å². The maximum absolute atomic E-state index is 13.6. The molecule has 2 rings (SSSR count). The van der Waals surface area contributed by atoms with Crippen LogP contribution in [-0.2, 0) is 16.6 Å². The first-order valence-electron chi connectivity index (χ1n) is 5.87. The number of nitrogens with one attached hydrogen (secondary N) is 1. The molecule has 5 nitrogen and oxygen atoms in total. The second kappa shape index (κ2) is 6.00. The highest BCUT2D eigenvalue weighted by atomic mass is 79.9. The standard InChI is InChI=1S/C13H13BrFN3O2S/c14-9-1-3-11(15)8(5-9)7-18-13-6-10(21(17,19)20)2-4-12(13)16/h1-6,18H,7,16H2,(H2,17,19,20). The molecule has 0 aromatic heterocycles. The molecule has 2 aromatic rings. The Bertz CT molecular complexity index is 781. The first-order valence-corrected chi connectivity index (χ1v) is 8.21. The zero-order chi connectivity index (χ0) is 15.6. The predicted octanol–water partition coefficient (Wildman–Crippen LogP) is 2.43. The molecule has 0 atom stereocenters. The number of halogens is 2. The summed E-state index contributed by atoms with van der Waals surface area (Å²) in [4.78, 5) is -0.0612. The summed E-state index contributed by atoms with van der Waals surface area (Å²) in [6.45, 7) is 0.156. The SMILES string of the molecule is Nc1ccc(S(N)(=O)=O)cc1NCc1cc(Br)ccc1F. The fourth-order valence-corrected chi connectivity index (χ4v) is 2.68. The number of nitrogen functional groups attached to an aromatic ring is 1. The summed E-state index contributed by atoms with van der Waals surface area (Å²) in [5, 5.41) is 7.97. The molecule has 0 amide bonds. The van der Waals surface area contributed by atoms with E-state index in [1.165, 1.54) is 24.3 Å². The normalized spacial score (nSPS) is 11.4. The molecular formula is C13H13BrFN3O2S. The van der Waals surface area contributed by atoms with Gasteiger partial charge >= 0.3 is 0 Å². The van der Waals surface area contributed by atoms with Gasteiger partial charge in [0.1, 0.15) is 5.82 Å². The van der Waals surface area contributed by atoms with Crippen molar-refractivity contribution in [3.05, 3.63) is 52.3 Å². The van der Waals surface area contributed by atoms with E-state index >= 15 is 0 Å². The number of nitrogens with two attached hydrogens (primary N) is 2. The van der Waals surface area contributed by atoms with Gasteiger partial charge in [-0.25, -0.2) is 17.9 Å². The van der Waals surface area contributed by atoms with Gasteiger partial charge in [-0.05, 0) is 36.4 Å². The van der Waals surface area contributed by atoms with Gasteiger partial charge in [0.2, 0.25) is 10.0 Å². The molecule has 0 saturated carbocycles. The van der Waals surface area contributed by atoms with Crippen LogP contribution in [0.15, 0.2) is 45.8 Å². The van der Waals surface area contributed by atoms with Crippen LogP contribution in [0.1, 0.15) is 5.56 Å². The van der Waals surface area contributed by atoms with Gasteiger partial charge in [0.15, 0.2) is 0 Å². The van der Waals surface area contributed by atoms with E-state index in [-0.39, 0.29) is 17.3 Å². The van der Waals surface area contributed by atoms with Crippen LogP contribution in [0.2, 0.25) is 0 Å². The van der Waals surface area contributed by atoms with Gasteiger partial charge in [0.05, 0.1) is 16.3 Å². The minimum atomic E-state index is -3.82. The Hall–Kier alpha value is -1.64. The molecule has 21 heavy (non-hydrogen) atoms. The van der Waals surface area contributed by atoms with Gasteiger partial charge in [-0.15, -0.1) is 0 Å². The molecule has 0 unspecified atom stereocenters. The topological polar surface area (TPSA) is 98.2 Å². The molecule has 0 saturated heterocycles. The van der Waals surface area contributed by atoms with Crippen molar-refractivity contribution in [1.82, 2.24) is 0 Å². The zero-order valence-corrected chi connectivity index (χ0v) is 13.2. The molecule has 0 radical (unpaired) electrons. The Morgan fingerprint density at radius 2 is 1.90 bits per heavy atom. The Morgan fingerprint density at radius 3 is 2.57 bits per heavy atom. The lowest BCUT2D eigenvalue weighted by molar-refractivity contribution is 0.597. The molecule has 0 aliphatic rings. The van der Waals surface area contributed by atoms with E-state index in [4.69, 9.17) is 10.9 Å². The number of benzene rings is 2. The van der Waals surface area contributed by atoms with E-state index < -0.39 is 10.0 Å². The molecule has 2 aromatic carbocycles. The average Bonchev–Trinajstić information content (AvgIpc) is 2.40. The monoisotopic (exact) mass is 373 g/mol. The van der Waals surface area contributed by atoms with E-state index in [1.54, 1.807) is 12.1 Å². The maximum Gasteiger partial charge on any atom is 0.238 e. The summed E-state index contributed by atoms with van der Waals surface area (Å²) < 4.78 is 37.0. The predicted molar refractivity (Wildman–Crippen MR) is 83.7 cm³/mol. The Labute approximate surface area is 130 Å². The lowest BCUT2D eigenvalue weighted by atomic mass is 10.2. The van der Waals surface area contributed by atoms with Gasteiger partial charge < -0.3 is 11.1 Å². The fraction of sp³-hybridized carbons (Fsp3) is 0.0769. The third-order valence-electron chi connectivity index (χ3n) is 2.83. The lowest BCUT2D eigenvalue weighted by Gasteiger charge is -2.11. The molecular weight excluding hydrogens is 361 g/mol. The summed E-state index contributed by atoms with van der Waals surface area (Å²) >= 11 is 3.26. The number of anilines is 2. The summed E-state index contributed by atoms with van der Waals surface area (Å²) in [7, 11) is -3.82. The highest BCUT2D eigenvalue weighted by Crippen LogP contribution is 2.24. The molecule has 0 aliphatic heterocycles. The van der Waals surface area contributed by atoms with E-state index in [1.807, 2.05) is 0 Å². The minimum absolute atomic E-state index is 0.0612. The first kappa shape index (κ1) is 15.7. The molecule has 0 heterocycles. The van der Waals surface area contributed by atoms with Crippen molar-refractivity contribution in [2.45, 2.75) is 11.4 Å². The highest BCUT2D eigenvalue weighted by Gasteiger charge is 2.11. The van der Waals surface area contributed by atoms with Crippen LogP contribution in [-0.4, -0.2) is 8.42 Å². The molecule has 0 fully saturated rings. The third kappa shape index (κ3) is 3.93. The summed E-state index contributed by atoms with van der Waals surface area (Å²) in [5.41, 5.74) is 6.91. The Morgan fingerprint density at radius 1 is 1.19 bits per heavy atom. The maximum atomic E-state index is 13.6. The Kier molecular flexibility index (Phi) is 4.50. The summed E-state index contributed by atoms with van der Waals surface area (Å²) in [6.07, 6.45) is 0. The van der Waals surface area contributed by atoms with Crippen LogP contribution >= 0.6 is 15.9 Å². The van der Waals surface area contributed by atoms with Crippen molar-refractivity contribution < 1.29 is 12.8 Å². The quantitative estimate of drug-likeness (QED) is 0.716. The first-order chi connectivity index (χ1) is 9.77. The molecule has 5 N–H and O–H groups in total. The number of hydrogen-bond donors (Lipinski definition) is 3. The van der Waals surface area contributed by atoms with Crippen LogP contribution in [0.25, 0.3) is 0 Å². The second-order valence-corrected chi connectivity index (χ2v) is 6.86. The molecule has 0 spiro atoms. The van der Waals surface area contributed by atoms with E-state index in [9.17, 15) is 12.8 Å². The number of hydrogen-bond acceptors (Lipinski definition) is 4. The van der Waals surface area contributed by atoms with Gasteiger partial charge in [0.25, 0.3) is 0 Å². The van der Waals surface area contributed by atoms with Crippen molar-refractivity contribution >= 4 is 37.3 Å². The minimum Gasteiger partial charge on any atom is -0.397 e. The fourth-order valence-electron chi connectivity index (χ4n) is 1.73. The zero-order valence-electron chi connectivity index (χ0n) is 10.8. The smallest absolute Gasteiger partial charge is 0.238 e. The summed E-state index contributed by atoms with van der Waals surface area (Å²) in [6, 6.07) is 8.62. The third-order valence-corrected chi connectivity index (χ3v) is 4.23. The van der Waals surface area contributed by atoms with Crippen LogP contribution in [0.3, 0.4) is 0 Å². The highest BCUT2D eigenvalue weighted by molar-refractivity contribution is 9.10. The van der Waals surface area contributed by atoms with Crippen molar-refractivity contribution in [1.29, 1.82) is 0 Å². The van der Waals surface area contributed by atoms with E-state index in [0.29, 0.717) is 16.9 Å². The second-order valence-electron chi connectivity index (χ2n) is 4.38. The van der Waals surface area contributed by atoms with Gasteiger partial charge in [0, 0.05) is 16.6 Å². The lowest BCUT2D eigenvalue weighted by Crippen LogP contribution is -2.13. The Balaban J connectivity index is 2.26. The van der Waals surface area contributed by atoms with Crippen molar-refractivity contribution in [3.63, 3.8) is 0 Å². The van der Waals surface area contributed by atoms with Crippen LogP contribution in [0.4, 0.5) is 15.8 Å². The number of sulfonamides is 1.